The van der Waals surface area contributed by atoms with Crippen LogP contribution in [0.15, 0.2) is 0 Å². The lowest BCUT2D eigenvalue weighted by Gasteiger charge is -2.50. The summed E-state index contributed by atoms with van der Waals surface area (Å²) in [7, 11) is 0. The largest absolute Gasteiger partial charge is 0.390 e. The Bertz CT molecular complexity index is 221. The highest BCUT2D eigenvalue weighted by atomic mass is 16.3. The maximum absolute atomic E-state index is 10.2. The minimum Gasteiger partial charge on any atom is -0.390 e. The molecule has 2 rings (SSSR count). The van der Waals surface area contributed by atoms with Crippen LogP contribution in [0.2, 0.25) is 0 Å². The van der Waals surface area contributed by atoms with Crippen molar-refractivity contribution in [1.82, 2.24) is 5.32 Å². The summed E-state index contributed by atoms with van der Waals surface area (Å²) < 4.78 is 0. The molecule has 0 spiro atoms. The van der Waals surface area contributed by atoms with E-state index in [0.717, 1.165) is 31.2 Å². The Balaban J connectivity index is 2.05. The Morgan fingerprint density at radius 2 is 1.67 bits per heavy atom. The van der Waals surface area contributed by atoms with E-state index >= 15 is 0 Å². The van der Waals surface area contributed by atoms with Gasteiger partial charge in [0.1, 0.15) is 0 Å². The molecule has 0 aromatic rings. The summed E-state index contributed by atoms with van der Waals surface area (Å²) in [4.78, 5) is 0. The quantitative estimate of drug-likeness (QED) is 0.734. The zero-order valence-electron chi connectivity index (χ0n) is 10.3. The third kappa shape index (κ3) is 2.54. The predicted octanol–water partition coefficient (Wildman–Crippen LogP) is 2.32. The van der Waals surface area contributed by atoms with Gasteiger partial charge in [-0.3, -0.25) is 0 Å². The number of fused-ring (bicyclic) bond motifs is 2. The summed E-state index contributed by atoms with van der Waals surface area (Å²) in [6.45, 7) is 7.62. The van der Waals surface area contributed by atoms with Gasteiger partial charge in [-0.25, -0.2) is 0 Å². The van der Waals surface area contributed by atoms with Gasteiger partial charge in [-0.05, 0) is 64.3 Å². The fourth-order valence-corrected chi connectivity index (χ4v) is 4.20. The van der Waals surface area contributed by atoms with E-state index in [0.29, 0.717) is 5.54 Å². The van der Waals surface area contributed by atoms with E-state index in [9.17, 15) is 5.11 Å². The minimum atomic E-state index is -0.388. The van der Waals surface area contributed by atoms with Crippen LogP contribution in [0.1, 0.15) is 52.9 Å². The Morgan fingerprint density at radius 3 is 2.13 bits per heavy atom. The van der Waals surface area contributed by atoms with Crippen molar-refractivity contribution in [3.05, 3.63) is 0 Å². The molecule has 2 heteroatoms. The van der Waals surface area contributed by atoms with Crippen LogP contribution in [-0.4, -0.2) is 22.8 Å². The molecule has 2 aliphatic carbocycles. The van der Waals surface area contributed by atoms with Crippen molar-refractivity contribution in [2.45, 2.75) is 64.0 Å². The standard InChI is InChI=1S/C13H25NO/c1-4-14-12(2)6-10-5-11(7-12)9-13(3,15)8-10/h10-11,14-15H,4-9H2,1-3H3. The lowest BCUT2D eigenvalue weighted by molar-refractivity contribution is -0.0542. The van der Waals surface area contributed by atoms with Gasteiger partial charge in [0.05, 0.1) is 5.60 Å². The van der Waals surface area contributed by atoms with Gasteiger partial charge in [-0.1, -0.05) is 6.92 Å². The van der Waals surface area contributed by atoms with Crippen molar-refractivity contribution < 1.29 is 5.11 Å². The molecular formula is C13H25NO. The van der Waals surface area contributed by atoms with E-state index in [1.807, 2.05) is 6.92 Å². The summed E-state index contributed by atoms with van der Waals surface area (Å²) in [6.07, 6.45) is 5.84. The molecule has 0 heterocycles. The molecule has 0 radical (unpaired) electrons. The van der Waals surface area contributed by atoms with Gasteiger partial charge in [-0.2, -0.15) is 0 Å². The molecule has 0 aromatic heterocycles. The van der Waals surface area contributed by atoms with Crippen molar-refractivity contribution in [2.24, 2.45) is 11.8 Å². The maximum Gasteiger partial charge on any atom is 0.0625 e. The average molecular weight is 211 g/mol. The number of hydrogen-bond donors (Lipinski definition) is 2. The normalized spacial score (nSPS) is 50.4. The first-order chi connectivity index (χ1) is 6.92. The molecule has 0 amide bonds. The molecule has 0 aromatic carbocycles. The third-order valence-electron chi connectivity index (χ3n) is 4.21. The van der Waals surface area contributed by atoms with Crippen LogP contribution in [0.3, 0.4) is 0 Å². The number of aliphatic hydroxyl groups is 1. The van der Waals surface area contributed by atoms with Crippen LogP contribution in [-0.2, 0) is 0 Å². The Morgan fingerprint density at radius 1 is 1.13 bits per heavy atom. The van der Waals surface area contributed by atoms with E-state index in [-0.39, 0.29) is 5.60 Å². The molecule has 2 unspecified atom stereocenters. The molecule has 2 bridgehead atoms. The van der Waals surface area contributed by atoms with Gasteiger partial charge in [-0.15, -0.1) is 0 Å². The zero-order valence-corrected chi connectivity index (χ0v) is 10.3. The fraction of sp³-hybridized carbons (Fsp3) is 1.00. The maximum atomic E-state index is 10.2. The van der Waals surface area contributed by atoms with Crippen LogP contribution in [0, 0.1) is 11.8 Å². The predicted molar refractivity (Wildman–Crippen MR) is 62.8 cm³/mol. The van der Waals surface area contributed by atoms with Crippen molar-refractivity contribution in [1.29, 1.82) is 0 Å². The number of hydrogen-bond acceptors (Lipinski definition) is 2. The summed E-state index contributed by atoms with van der Waals surface area (Å²) in [5.41, 5.74) is -0.0556. The fourth-order valence-electron chi connectivity index (χ4n) is 4.20. The summed E-state index contributed by atoms with van der Waals surface area (Å²) >= 11 is 0. The van der Waals surface area contributed by atoms with Crippen LogP contribution in [0.25, 0.3) is 0 Å². The van der Waals surface area contributed by atoms with Crippen molar-refractivity contribution in [2.75, 3.05) is 6.54 Å². The second-order valence-electron chi connectivity index (χ2n) is 6.37. The second-order valence-corrected chi connectivity index (χ2v) is 6.37. The van der Waals surface area contributed by atoms with Crippen LogP contribution >= 0.6 is 0 Å². The van der Waals surface area contributed by atoms with E-state index in [1.165, 1.54) is 19.3 Å². The Kier molecular flexibility index (Phi) is 2.85. The first kappa shape index (κ1) is 11.4. The molecule has 2 nitrogen and oxygen atoms in total. The molecule has 2 N–H and O–H groups in total. The van der Waals surface area contributed by atoms with Crippen LogP contribution < -0.4 is 5.32 Å². The molecule has 88 valence electrons. The van der Waals surface area contributed by atoms with Gasteiger partial charge in [0.2, 0.25) is 0 Å². The minimum absolute atomic E-state index is 0.332. The van der Waals surface area contributed by atoms with E-state index < -0.39 is 0 Å². The van der Waals surface area contributed by atoms with Gasteiger partial charge >= 0.3 is 0 Å². The number of rotatable bonds is 2. The lowest BCUT2D eigenvalue weighted by Crippen LogP contribution is -2.52. The molecule has 2 fully saturated rings. The van der Waals surface area contributed by atoms with Crippen molar-refractivity contribution >= 4 is 0 Å². The highest BCUT2D eigenvalue weighted by molar-refractivity contribution is 4.99. The van der Waals surface area contributed by atoms with Crippen molar-refractivity contribution in [3.63, 3.8) is 0 Å². The van der Waals surface area contributed by atoms with Crippen molar-refractivity contribution in [3.8, 4) is 0 Å². The van der Waals surface area contributed by atoms with Crippen LogP contribution in [0.4, 0.5) is 0 Å². The van der Waals surface area contributed by atoms with E-state index in [4.69, 9.17) is 0 Å². The van der Waals surface area contributed by atoms with Crippen LogP contribution in [0.5, 0.6) is 0 Å². The van der Waals surface area contributed by atoms with E-state index in [2.05, 4.69) is 19.2 Å². The molecule has 15 heavy (non-hydrogen) atoms. The summed E-state index contributed by atoms with van der Waals surface area (Å²) in [5, 5.41) is 13.8. The average Bonchev–Trinajstić information content (AvgIpc) is 1.97. The highest BCUT2D eigenvalue weighted by Gasteiger charge is 2.44. The molecule has 2 atom stereocenters. The summed E-state index contributed by atoms with van der Waals surface area (Å²) in [6, 6.07) is 0. The SMILES string of the molecule is CCNC1(C)CC2CC(CC(C)(O)C2)C1. The first-order valence-electron chi connectivity index (χ1n) is 6.40. The van der Waals surface area contributed by atoms with Gasteiger partial charge in [0, 0.05) is 5.54 Å². The smallest absolute Gasteiger partial charge is 0.0625 e. The van der Waals surface area contributed by atoms with E-state index in [1.54, 1.807) is 0 Å². The topological polar surface area (TPSA) is 32.3 Å². The third-order valence-corrected chi connectivity index (χ3v) is 4.21. The monoisotopic (exact) mass is 211 g/mol. The zero-order chi connectivity index (χ0) is 11.1. The molecule has 0 aliphatic heterocycles. The molecule has 2 aliphatic rings. The lowest BCUT2D eigenvalue weighted by atomic mass is 9.61. The molecule has 2 saturated carbocycles. The highest BCUT2D eigenvalue weighted by Crippen LogP contribution is 2.47. The van der Waals surface area contributed by atoms with Gasteiger partial charge in [0.25, 0.3) is 0 Å². The first-order valence-corrected chi connectivity index (χ1v) is 6.40. The molecule has 0 saturated heterocycles. The number of nitrogens with one attached hydrogen (secondary N) is 1. The molecular weight excluding hydrogens is 186 g/mol. The second kappa shape index (κ2) is 3.74. The van der Waals surface area contributed by atoms with Gasteiger partial charge < -0.3 is 10.4 Å². The summed E-state index contributed by atoms with van der Waals surface area (Å²) in [5.74, 6) is 1.47. The Labute approximate surface area is 93.5 Å². The Hall–Kier alpha value is -0.0800. The van der Waals surface area contributed by atoms with Gasteiger partial charge in [0.15, 0.2) is 0 Å².